The number of furan rings is 1. The van der Waals surface area contributed by atoms with Crippen molar-refractivity contribution in [2.75, 3.05) is 0 Å². The molecule has 3 aromatic rings. The van der Waals surface area contributed by atoms with Gasteiger partial charge in [0.05, 0.1) is 0 Å². The van der Waals surface area contributed by atoms with Gasteiger partial charge in [0.1, 0.15) is 5.58 Å². The van der Waals surface area contributed by atoms with Crippen molar-refractivity contribution in [1.29, 1.82) is 0 Å². The molecule has 3 heteroatoms. The van der Waals surface area contributed by atoms with Crippen molar-refractivity contribution in [1.82, 2.24) is 0 Å². The summed E-state index contributed by atoms with van der Waals surface area (Å²) in [4.78, 5) is 12.4. The van der Waals surface area contributed by atoms with Crippen LogP contribution >= 0.6 is 15.9 Å². The number of fused-ring (bicyclic) bond motifs is 1. The van der Waals surface area contributed by atoms with Gasteiger partial charge in [0.25, 0.3) is 0 Å². The van der Waals surface area contributed by atoms with E-state index in [9.17, 15) is 4.79 Å². The average Bonchev–Trinajstić information content (AvgIpc) is 2.75. The fraction of sp³-hybridized carbons (Fsp3) is 0.0625. The predicted octanol–water partition coefficient (Wildman–Crippen LogP) is 4.73. The molecule has 94 valence electrons. The van der Waals surface area contributed by atoms with Gasteiger partial charge in [-0.15, -0.1) is 0 Å². The lowest BCUT2D eigenvalue weighted by Crippen LogP contribution is -2.00. The van der Waals surface area contributed by atoms with Gasteiger partial charge in [-0.05, 0) is 25.1 Å². The minimum Gasteiger partial charge on any atom is -0.452 e. The van der Waals surface area contributed by atoms with Gasteiger partial charge in [-0.25, -0.2) is 0 Å². The number of aryl methyl sites for hydroxylation is 1. The van der Waals surface area contributed by atoms with Crippen molar-refractivity contribution in [2.24, 2.45) is 0 Å². The van der Waals surface area contributed by atoms with Gasteiger partial charge in [0.2, 0.25) is 5.78 Å². The molecule has 0 bridgehead atoms. The highest BCUT2D eigenvalue weighted by Crippen LogP contribution is 2.29. The zero-order valence-electron chi connectivity index (χ0n) is 10.3. The smallest absolute Gasteiger partial charge is 0.228 e. The van der Waals surface area contributed by atoms with Crippen LogP contribution in [0.1, 0.15) is 21.7 Å². The van der Waals surface area contributed by atoms with E-state index in [2.05, 4.69) is 15.9 Å². The first-order valence-corrected chi connectivity index (χ1v) is 6.74. The molecule has 0 fully saturated rings. The van der Waals surface area contributed by atoms with Crippen LogP contribution in [0, 0.1) is 6.92 Å². The molecule has 0 saturated heterocycles. The van der Waals surface area contributed by atoms with Crippen molar-refractivity contribution in [2.45, 2.75) is 6.92 Å². The number of carbonyl (C=O) groups is 1. The Balaban J connectivity index is 2.16. The summed E-state index contributed by atoms with van der Waals surface area (Å²) in [7, 11) is 0. The maximum Gasteiger partial charge on any atom is 0.228 e. The van der Waals surface area contributed by atoms with Crippen LogP contribution < -0.4 is 0 Å². The van der Waals surface area contributed by atoms with Crippen LogP contribution in [0.25, 0.3) is 11.0 Å². The number of hydrogen-bond donors (Lipinski definition) is 0. The van der Waals surface area contributed by atoms with E-state index < -0.39 is 0 Å². The molecular formula is C16H11BrO2. The van der Waals surface area contributed by atoms with Crippen LogP contribution in [0.15, 0.2) is 57.4 Å². The first-order chi connectivity index (χ1) is 9.16. The van der Waals surface area contributed by atoms with E-state index in [1.54, 1.807) is 12.1 Å². The first-order valence-electron chi connectivity index (χ1n) is 5.95. The first kappa shape index (κ1) is 12.2. The third kappa shape index (κ3) is 2.10. The van der Waals surface area contributed by atoms with Crippen molar-refractivity contribution < 1.29 is 9.21 Å². The Bertz CT molecular complexity index is 757. The normalized spacial score (nSPS) is 10.8. The molecule has 19 heavy (non-hydrogen) atoms. The minimum atomic E-state index is -0.0783. The van der Waals surface area contributed by atoms with Gasteiger partial charge in [-0.1, -0.05) is 46.3 Å². The SMILES string of the molecule is Cc1c(C(=O)c2ccccc2)oc2cc(Br)ccc12. The number of rotatable bonds is 2. The van der Waals surface area contributed by atoms with Crippen LogP contribution in [0.5, 0.6) is 0 Å². The molecule has 0 aliphatic rings. The highest BCUT2D eigenvalue weighted by atomic mass is 79.9. The quantitative estimate of drug-likeness (QED) is 0.640. The highest BCUT2D eigenvalue weighted by Gasteiger charge is 2.18. The average molecular weight is 315 g/mol. The molecule has 1 aromatic heterocycles. The highest BCUT2D eigenvalue weighted by molar-refractivity contribution is 9.10. The Labute approximate surface area is 119 Å². The molecular weight excluding hydrogens is 304 g/mol. The van der Waals surface area contributed by atoms with Crippen molar-refractivity contribution in [3.8, 4) is 0 Å². The summed E-state index contributed by atoms with van der Waals surface area (Å²) >= 11 is 3.40. The third-order valence-corrected chi connectivity index (χ3v) is 3.64. The second-order valence-corrected chi connectivity index (χ2v) is 5.31. The molecule has 0 amide bonds. The minimum absolute atomic E-state index is 0.0783. The largest absolute Gasteiger partial charge is 0.452 e. The van der Waals surface area contributed by atoms with Gasteiger partial charge < -0.3 is 4.42 Å². The molecule has 0 saturated carbocycles. The summed E-state index contributed by atoms with van der Waals surface area (Å²) in [5, 5.41) is 0.975. The maximum absolute atomic E-state index is 12.4. The molecule has 0 unspecified atom stereocenters. The van der Waals surface area contributed by atoms with E-state index in [4.69, 9.17) is 4.42 Å². The molecule has 0 radical (unpaired) electrons. The lowest BCUT2D eigenvalue weighted by atomic mass is 10.1. The van der Waals surface area contributed by atoms with Crippen LogP contribution in [0.4, 0.5) is 0 Å². The second kappa shape index (κ2) is 4.67. The summed E-state index contributed by atoms with van der Waals surface area (Å²) in [5.41, 5.74) is 2.26. The Morgan fingerprint density at radius 3 is 2.58 bits per heavy atom. The molecule has 0 spiro atoms. The van der Waals surface area contributed by atoms with Crippen molar-refractivity contribution in [3.63, 3.8) is 0 Å². The molecule has 1 heterocycles. The van der Waals surface area contributed by atoms with Crippen molar-refractivity contribution in [3.05, 3.63) is 69.9 Å². The third-order valence-electron chi connectivity index (χ3n) is 3.14. The molecule has 0 atom stereocenters. The summed E-state index contributed by atoms with van der Waals surface area (Å²) in [5.74, 6) is 0.338. The Kier molecular flexibility index (Phi) is 2.99. The molecule has 0 aliphatic heterocycles. The Morgan fingerprint density at radius 2 is 1.84 bits per heavy atom. The number of halogens is 1. The second-order valence-electron chi connectivity index (χ2n) is 4.39. The fourth-order valence-corrected chi connectivity index (χ4v) is 2.48. The van der Waals surface area contributed by atoms with E-state index in [0.29, 0.717) is 11.3 Å². The molecule has 2 aromatic carbocycles. The lowest BCUT2D eigenvalue weighted by Gasteiger charge is -1.97. The summed E-state index contributed by atoms with van der Waals surface area (Å²) < 4.78 is 6.65. The maximum atomic E-state index is 12.4. The summed E-state index contributed by atoms with van der Waals surface area (Å²) in [6, 6.07) is 15.0. The van der Waals surface area contributed by atoms with Gasteiger partial charge in [-0.2, -0.15) is 0 Å². The van der Waals surface area contributed by atoms with Gasteiger partial charge in [0, 0.05) is 21.0 Å². The number of hydrogen-bond acceptors (Lipinski definition) is 2. The summed E-state index contributed by atoms with van der Waals surface area (Å²) in [6.07, 6.45) is 0. The number of carbonyl (C=O) groups excluding carboxylic acids is 1. The molecule has 0 aliphatic carbocycles. The Hall–Kier alpha value is -1.87. The van der Waals surface area contributed by atoms with Crippen LogP contribution in [0.3, 0.4) is 0 Å². The van der Waals surface area contributed by atoms with E-state index in [1.165, 1.54) is 0 Å². The van der Waals surface area contributed by atoms with Gasteiger partial charge in [0.15, 0.2) is 5.76 Å². The van der Waals surface area contributed by atoms with E-state index in [0.717, 1.165) is 21.0 Å². The fourth-order valence-electron chi connectivity index (χ4n) is 2.14. The molecule has 3 rings (SSSR count). The number of ketones is 1. The lowest BCUT2D eigenvalue weighted by molar-refractivity contribution is 0.101. The topological polar surface area (TPSA) is 30.2 Å². The van der Waals surface area contributed by atoms with E-state index in [1.807, 2.05) is 43.3 Å². The van der Waals surface area contributed by atoms with Gasteiger partial charge >= 0.3 is 0 Å². The summed E-state index contributed by atoms with van der Waals surface area (Å²) in [6.45, 7) is 1.91. The number of benzene rings is 2. The zero-order chi connectivity index (χ0) is 13.4. The van der Waals surface area contributed by atoms with Crippen LogP contribution in [-0.4, -0.2) is 5.78 Å². The van der Waals surface area contributed by atoms with Crippen LogP contribution in [0.2, 0.25) is 0 Å². The predicted molar refractivity (Wildman–Crippen MR) is 78.5 cm³/mol. The standard InChI is InChI=1S/C16H11BrO2/c1-10-13-8-7-12(17)9-14(13)19-16(10)15(18)11-5-3-2-4-6-11/h2-9H,1H3. The monoisotopic (exact) mass is 314 g/mol. The van der Waals surface area contributed by atoms with E-state index in [-0.39, 0.29) is 5.78 Å². The van der Waals surface area contributed by atoms with Gasteiger partial charge in [-0.3, -0.25) is 4.79 Å². The van der Waals surface area contributed by atoms with Crippen LogP contribution in [-0.2, 0) is 0 Å². The van der Waals surface area contributed by atoms with Crippen molar-refractivity contribution >= 4 is 32.7 Å². The van der Waals surface area contributed by atoms with E-state index >= 15 is 0 Å². The Morgan fingerprint density at radius 1 is 1.11 bits per heavy atom. The zero-order valence-corrected chi connectivity index (χ0v) is 11.9. The molecule has 0 N–H and O–H groups in total. The molecule has 2 nitrogen and oxygen atoms in total.